The van der Waals surface area contributed by atoms with Crippen molar-refractivity contribution in [2.24, 2.45) is 5.73 Å². The lowest BCUT2D eigenvalue weighted by molar-refractivity contribution is 0.157. The van der Waals surface area contributed by atoms with Crippen LogP contribution in [0.3, 0.4) is 0 Å². The van der Waals surface area contributed by atoms with Crippen LogP contribution < -0.4 is 15.2 Å². The van der Waals surface area contributed by atoms with Crippen LogP contribution in [0.5, 0.6) is 11.5 Å². The lowest BCUT2D eigenvalue weighted by atomic mass is 10.00. The van der Waals surface area contributed by atoms with Gasteiger partial charge in [-0.2, -0.15) is 0 Å². The van der Waals surface area contributed by atoms with Crippen LogP contribution in [0.1, 0.15) is 31.4 Å². The third-order valence-electron chi connectivity index (χ3n) is 3.93. The Morgan fingerprint density at radius 3 is 2.74 bits per heavy atom. The van der Waals surface area contributed by atoms with Crippen LogP contribution in [0.25, 0.3) is 0 Å². The van der Waals surface area contributed by atoms with Crippen LogP contribution >= 0.6 is 0 Å². The Kier molecular flexibility index (Phi) is 4.66. The predicted octanol–water partition coefficient (Wildman–Crippen LogP) is 2.19. The molecule has 1 fully saturated rings. The highest BCUT2D eigenvalue weighted by molar-refractivity contribution is 5.42. The van der Waals surface area contributed by atoms with Gasteiger partial charge in [-0.3, -0.25) is 4.90 Å². The monoisotopic (exact) mass is 264 g/mol. The lowest BCUT2D eigenvalue weighted by Gasteiger charge is -2.36. The summed E-state index contributed by atoms with van der Waals surface area (Å²) >= 11 is 0. The molecular formula is C15H24N2O2. The van der Waals surface area contributed by atoms with E-state index in [-0.39, 0.29) is 0 Å². The fourth-order valence-electron chi connectivity index (χ4n) is 2.75. The molecule has 0 radical (unpaired) electrons. The Balaban J connectivity index is 2.20. The van der Waals surface area contributed by atoms with Gasteiger partial charge >= 0.3 is 0 Å². The molecule has 2 unspecified atom stereocenters. The van der Waals surface area contributed by atoms with Crippen LogP contribution in [0, 0.1) is 0 Å². The van der Waals surface area contributed by atoms with Crippen molar-refractivity contribution < 1.29 is 9.47 Å². The summed E-state index contributed by atoms with van der Waals surface area (Å²) in [6.07, 6.45) is 2.30. The average Bonchev–Trinajstić information content (AvgIpc) is 2.45. The molecule has 0 aliphatic carbocycles. The summed E-state index contributed by atoms with van der Waals surface area (Å²) in [7, 11) is 3.37. The van der Waals surface area contributed by atoms with Crippen molar-refractivity contribution in [1.29, 1.82) is 0 Å². The molecule has 0 saturated carbocycles. The molecule has 0 bridgehead atoms. The van der Waals surface area contributed by atoms with Crippen molar-refractivity contribution in [3.8, 4) is 11.5 Å². The minimum Gasteiger partial charge on any atom is -0.497 e. The standard InChI is InChI=1S/C15H24N2O2/c1-11(17-8-4-5-12(16)10-17)14-7-6-13(18-2)9-15(14)19-3/h6-7,9,11-12H,4-5,8,10,16H2,1-3H3. The molecule has 1 aromatic rings. The number of nitrogens with zero attached hydrogens (tertiary/aromatic N) is 1. The zero-order valence-electron chi connectivity index (χ0n) is 12.1. The number of hydrogen-bond donors (Lipinski definition) is 1. The number of nitrogens with two attached hydrogens (primary N) is 1. The number of benzene rings is 1. The molecule has 2 atom stereocenters. The van der Waals surface area contributed by atoms with Crippen molar-refractivity contribution in [2.75, 3.05) is 27.3 Å². The Morgan fingerprint density at radius 1 is 1.32 bits per heavy atom. The Labute approximate surface area is 115 Å². The lowest BCUT2D eigenvalue weighted by Crippen LogP contribution is -2.43. The molecule has 0 aromatic heterocycles. The molecule has 0 spiro atoms. The van der Waals surface area contributed by atoms with Gasteiger partial charge in [0.1, 0.15) is 11.5 Å². The van der Waals surface area contributed by atoms with Crippen molar-refractivity contribution in [3.63, 3.8) is 0 Å². The summed E-state index contributed by atoms with van der Waals surface area (Å²) in [6, 6.07) is 6.61. The highest BCUT2D eigenvalue weighted by Crippen LogP contribution is 2.33. The maximum Gasteiger partial charge on any atom is 0.127 e. The van der Waals surface area contributed by atoms with E-state index in [0.717, 1.165) is 31.0 Å². The molecule has 106 valence electrons. The van der Waals surface area contributed by atoms with Gasteiger partial charge in [0.05, 0.1) is 14.2 Å². The van der Waals surface area contributed by atoms with Gasteiger partial charge in [0.25, 0.3) is 0 Å². The highest BCUT2D eigenvalue weighted by Gasteiger charge is 2.24. The number of rotatable bonds is 4. The molecule has 2 N–H and O–H groups in total. The molecular weight excluding hydrogens is 240 g/mol. The number of hydrogen-bond acceptors (Lipinski definition) is 4. The first-order valence-corrected chi connectivity index (χ1v) is 6.87. The highest BCUT2D eigenvalue weighted by atomic mass is 16.5. The van der Waals surface area contributed by atoms with E-state index in [9.17, 15) is 0 Å². The van der Waals surface area contributed by atoms with Crippen molar-refractivity contribution in [3.05, 3.63) is 23.8 Å². The zero-order chi connectivity index (χ0) is 13.8. The average molecular weight is 264 g/mol. The summed E-state index contributed by atoms with van der Waals surface area (Å²) in [4.78, 5) is 2.43. The number of likely N-dealkylation sites (tertiary alicyclic amines) is 1. The van der Waals surface area contributed by atoms with Crippen LogP contribution in [0.2, 0.25) is 0 Å². The molecule has 0 amide bonds. The number of methoxy groups -OCH3 is 2. The van der Waals surface area contributed by atoms with E-state index in [4.69, 9.17) is 15.2 Å². The van der Waals surface area contributed by atoms with Gasteiger partial charge in [-0.1, -0.05) is 6.07 Å². The van der Waals surface area contributed by atoms with E-state index in [2.05, 4.69) is 17.9 Å². The second kappa shape index (κ2) is 6.26. The molecule has 1 aromatic carbocycles. The smallest absolute Gasteiger partial charge is 0.127 e. The quantitative estimate of drug-likeness (QED) is 0.905. The van der Waals surface area contributed by atoms with E-state index in [1.807, 2.05) is 12.1 Å². The third-order valence-corrected chi connectivity index (χ3v) is 3.93. The van der Waals surface area contributed by atoms with Crippen LogP contribution in [0.15, 0.2) is 18.2 Å². The molecule has 19 heavy (non-hydrogen) atoms. The van der Waals surface area contributed by atoms with Gasteiger partial charge in [-0.25, -0.2) is 0 Å². The van der Waals surface area contributed by atoms with E-state index >= 15 is 0 Å². The third kappa shape index (κ3) is 3.19. The van der Waals surface area contributed by atoms with Crippen molar-refractivity contribution in [1.82, 2.24) is 4.90 Å². The minimum absolute atomic E-state index is 0.292. The van der Waals surface area contributed by atoms with Gasteiger partial charge in [0, 0.05) is 30.3 Å². The Bertz CT molecular complexity index is 423. The SMILES string of the molecule is COc1ccc(C(C)N2CCCC(N)C2)c(OC)c1. The van der Waals surface area contributed by atoms with Gasteiger partial charge < -0.3 is 15.2 Å². The maximum absolute atomic E-state index is 6.06. The minimum atomic E-state index is 0.292. The van der Waals surface area contributed by atoms with E-state index in [1.165, 1.54) is 12.0 Å². The fourth-order valence-corrected chi connectivity index (χ4v) is 2.75. The van der Waals surface area contributed by atoms with Crippen LogP contribution in [0.4, 0.5) is 0 Å². The maximum atomic E-state index is 6.06. The first-order valence-electron chi connectivity index (χ1n) is 6.87. The fraction of sp³-hybridized carbons (Fsp3) is 0.600. The van der Waals surface area contributed by atoms with Gasteiger partial charge in [0.15, 0.2) is 0 Å². The van der Waals surface area contributed by atoms with Gasteiger partial charge in [-0.05, 0) is 32.4 Å². The second-order valence-corrected chi connectivity index (χ2v) is 5.18. The Hall–Kier alpha value is -1.26. The first-order chi connectivity index (χ1) is 9.15. The van der Waals surface area contributed by atoms with Crippen LogP contribution in [-0.4, -0.2) is 38.3 Å². The molecule has 1 heterocycles. The van der Waals surface area contributed by atoms with Crippen molar-refractivity contribution >= 4 is 0 Å². The molecule has 4 heteroatoms. The van der Waals surface area contributed by atoms with Gasteiger partial charge in [0.2, 0.25) is 0 Å². The largest absolute Gasteiger partial charge is 0.497 e. The Morgan fingerprint density at radius 2 is 2.11 bits per heavy atom. The summed E-state index contributed by atoms with van der Waals surface area (Å²) in [6.45, 7) is 4.27. The predicted molar refractivity (Wildman–Crippen MR) is 76.7 cm³/mol. The normalized spacial score (nSPS) is 22.0. The first kappa shape index (κ1) is 14.2. The molecule has 4 nitrogen and oxygen atoms in total. The van der Waals surface area contributed by atoms with E-state index < -0.39 is 0 Å². The molecule has 1 aliphatic heterocycles. The van der Waals surface area contributed by atoms with E-state index in [1.54, 1.807) is 14.2 Å². The summed E-state index contributed by atoms with van der Waals surface area (Å²) in [5.41, 5.74) is 7.26. The molecule has 1 aliphatic rings. The second-order valence-electron chi connectivity index (χ2n) is 5.18. The topological polar surface area (TPSA) is 47.7 Å². The number of ether oxygens (including phenoxy) is 2. The summed E-state index contributed by atoms with van der Waals surface area (Å²) < 4.78 is 10.7. The molecule has 2 rings (SSSR count). The van der Waals surface area contributed by atoms with Gasteiger partial charge in [-0.15, -0.1) is 0 Å². The van der Waals surface area contributed by atoms with Crippen LogP contribution in [-0.2, 0) is 0 Å². The number of piperidine rings is 1. The van der Waals surface area contributed by atoms with Crippen molar-refractivity contribution in [2.45, 2.75) is 31.8 Å². The zero-order valence-corrected chi connectivity index (χ0v) is 12.1. The summed E-state index contributed by atoms with van der Waals surface area (Å²) in [5, 5.41) is 0. The summed E-state index contributed by atoms with van der Waals surface area (Å²) in [5.74, 6) is 1.70. The molecule has 1 saturated heterocycles. The van der Waals surface area contributed by atoms with E-state index in [0.29, 0.717) is 12.1 Å².